The van der Waals surface area contributed by atoms with Crippen LogP contribution in [-0.2, 0) is 0 Å². The summed E-state index contributed by atoms with van der Waals surface area (Å²) in [6.07, 6.45) is 3.75. The van der Waals surface area contributed by atoms with E-state index in [-0.39, 0.29) is 0 Å². The largest absolute Gasteiger partial charge is 0.315 e. The van der Waals surface area contributed by atoms with E-state index in [1.54, 1.807) is 0 Å². The van der Waals surface area contributed by atoms with Gasteiger partial charge in [0.1, 0.15) is 0 Å². The minimum Gasteiger partial charge on any atom is -0.315 e. The molecule has 0 spiro atoms. The molecule has 1 aliphatic rings. The van der Waals surface area contributed by atoms with Gasteiger partial charge < -0.3 is 10.2 Å². The first-order valence-electron chi connectivity index (χ1n) is 5.01. The zero-order valence-corrected chi connectivity index (χ0v) is 7.81. The molecule has 1 rings (SSSR count). The molecule has 1 radical (unpaired) electrons. The molecule has 0 atom stereocenters. The van der Waals surface area contributed by atoms with Crippen LogP contribution in [0.1, 0.15) is 19.3 Å². The van der Waals surface area contributed by atoms with E-state index in [1.165, 1.54) is 32.5 Å². The van der Waals surface area contributed by atoms with Crippen LogP contribution in [0.15, 0.2) is 0 Å². The van der Waals surface area contributed by atoms with E-state index >= 15 is 0 Å². The Kier molecular flexibility index (Phi) is 5.32. The lowest BCUT2D eigenvalue weighted by Gasteiger charge is -2.14. The van der Waals surface area contributed by atoms with Gasteiger partial charge in [0.2, 0.25) is 0 Å². The normalized spacial score (nSPS) is 18.8. The summed E-state index contributed by atoms with van der Waals surface area (Å²) in [5.41, 5.74) is 6.95. The maximum absolute atomic E-state index is 6.95. The standard InChI is InChI=1S/C9H20N3/c10-4-3-5-11-6-9-12-7-1-2-8-12/h10-11H,1-9H2. The summed E-state index contributed by atoms with van der Waals surface area (Å²) < 4.78 is 0. The Morgan fingerprint density at radius 3 is 2.58 bits per heavy atom. The van der Waals surface area contributed by atoms with Crippen molar-refractivity contribution in [2.45, 2.75) is 19.3 Å². The van der Waals surface area contributed by atoms with Gasteiger partial charge in [0.05, 0.1) is 0 Å². The predicted molar refractivity (Wildman–Crippen MR) is 51.1 cm³/mol. The van der Waals surface area contributed by atoms with Crippen molar-refractivity contribution in [1.82, 2.24) is 16.0 Å². The number of rotatable bonds is 6. The van der Waals surface area contributed by atoms with Gasteiger partial charge in [-0.1, -0.05) is 0 Å². The Morgan fingerprint density at radius 1 is 1.17 bits per heavy atom. The van der Waals surface area contributed by atoms with Gasteiger partial charge in [0, 0.05) is 19.6 Å². The Labute approximate surface area is 75.3 Å². The average molecular weight is 170 g/mol. The van der Waals surface area contributed by atoms with Crippen LogP contribution in [0.2, 0.25) is 0 Å². The first kappa shape index (κ1) is 9.96. The van der Waals surface area contributed by atoms with Crippen LogP contribution < -0.4 is 11.1 Å². The van der Waals surface area contributed by atoms with E-state index in [0.29, 0.717) is 6.54 Å². The summed E-state index contributed by atoms with van der Waals surface area (Å²) in [5, 5.41) is 3.35. The SMILES string of the molecule is [NH]CCCNCCN1CCCC1. The zero-order valence-electron chi connectivity index (χ0n) is 7.81. The Balaban J connectivity index is 1.81. The lowest BCUT2D eigenvalue weighted by molar-refractivity contribution is 0.336. The molecule has 1 fully saturated rings. The molecule has 12 heavy (non-hydrogen) atoms. The van der Waals surface area contributed by atoms with Crippen molar-refractivity contribution in [2.24, 2.45) is 0 Å². The molecule has 1 saturated heterocycles. The maximum atomic E-state index is 6.95. The smallest absolute Gasteiger partial charge is 0.0112 e. The highest BCUT2D eigenvalue weighted by atomic mass is 15.1. The van der Waals surface area contributed by atoms with E-state index in [0.717, 1.165) is 19.5 Å². The summed E-state index contributed by atoms with van der Waals surface area (Å²) in [4.78, 5) is 2.51. The molecular weight excluding hydrogens is 150 g/mol. The van der Waals surface area contributed by atoms with Crippen LogP contribution in [0.5, 0.6) is 0 Å². The van der Waals surface area contributed by atoms with Crippen LogP contribution >= 0.6 is 0 Å². The second kappa shape index (κ2) is 6.40. The molecule has 1 heterocycles. The van der Waals surface area contributed by atoms with Crippen molar-refractivity contribution in [2.75, 3.05) is 39.3 Å². The van der Waals surface area contributed by atoms with E-state index in [2.05, 4.69) is 10.2 Å². The molecule has 0 aromatic rings. The van der Waals surface area contributed by atoms with Crippen LogP contribution in [0, 0.1) is 0 Å². The van der Waals surface area contributed by atoms with Crippen LogP contribution in [0.3, 0.4) is 0 Å². The number of hydrogen-bond acceptors (Lipinski definition) is 2. The lowest BCUT2D eigenvalue weighted by atomic mass is 10.4. The summed E-state index contributed by atoms with van der Waals surface area (Å²) >= 11 is 0. The van der Waals surface area contributed by atoms with Gasteiger partial charge in [-0.3, -0.25) is 5.73 Å². The molecule has 0 aromatic carbocycles. The van der Waals surface area contributed by atoms with Crippen molar-refractivity contribution in [3.05, 3.63) is 0 Å². The molecule has 0 aliphatic carbocycles. The first-order chi connectivity index (χ1) is 5.93. The van der Waals surface area contributed by atoms with E-state index in [9.17, 15) is 0 Å². The van der Waals surface area contributed by atoms with Crippen LogP contribution in [0.25, 0.3) is 0 Å². The van der Waals surface area contributed by atoms with E-state index < -0.39 is 0 Å². The Bertz CT molecular complexity index is 99.9. The van der Waals surface area contributed by atoms with Crippen molar-refractivity contribution in [1.29, 1.82) is 0 Å². The minimum absolute atomic E-state index is 0.552. The zero-order chi connectivity index (χ0) is 8.65. The lowest BCUT2D eigenvalue weighted by Crippen LogP contribution is -2.30. The number of nitrogens with zero attached hydrogens (tertiary/aromatic N) is 1. The fourth-order valence-corrected chi connectivity index (χ4v) is 1.58. The summed E-state index contributed by atoms with van der Waals surface area (Å²) in [6, 6.07) is 0. The average Bonchev–Trinajstić information content (AvgIpc) is 2.57. The summed E-state index contributed by atoms with van der Waals surface area (Å²) in [6.45, 7) is 6.44. The van der Waals surface area contributed by atoms with Gasteiger partial charge in [0.25, 0.3) is 0 Å². The fourth-order valence-electron chi connectivity index (χ4n) is 1.58. The molecule has 0 bridgehead atoms. The highest BCUT2D eigenvalue weighted by molar-refractivity contribution is 4.66. The van der Waals surface area contributed by atoms with Gasteiger partial charge in [0.15, 0.2) is 0 Å². The van der Waals surface area contributed by atoms with Gasteiger partial charge in [-0.2, -0.15) is 0 Å². The molecule has 0 unspecified atom stereocenters. The first-order valence-corrected chi connectivity index (χ1v) is 5.01. The highest BCUT2D eigenvalue weighted by Gasteiger charge is 2.09. The molecule has 71 valence electrons. The van der Waals surface area contributed by atoms with Crippen molar-refractivity contribution >= 4 is 0 Å². The molecule has 0 amide bonds. The predicted octanol–water partition coefficient (Wildman–Crippen LogP) is 0.345. The van der Waals surface area contributed by atoms with Gasteiger partial charge >= 0.3 is 0 Å². The summed E-state index contributed by atoms with van der Waals surface area (Å²) in [5.74, 6) is 0. The third kappa shape index (κ3) is 4.04. The molecule has 0 aromatic heterocycles. The molecule has 0 saturated carbocycles. The number of nitrogens with one attached hydrogen (secondary N) is 2. The molecule has 3 heteroatoms. The molecule has 3 nitrogen and oxygen atoms in total. The molecule has 1 aliphatic heterocycles. The second-order valence-corrected chi connectivity index (χ2v) is 3.40. The van der Waals surface area contributed by atoms with Gasteiger partial charge in [-0.25, -0.2) is 0 Å². The van der Waals surface area contributed by atoms with Gasteiger partial charge in [-0.05, 0) is 38.9 Å². The third-order valence-corrected chi connectivity index (χ3v) is 2.33. The van der Waals surface area contributed by atoms with E-state index in [1.807, 2.05) is 0 Å². The fraction of sp³-hybridized carbons (Fsp3) is 1.00. The third-order valence-electron chi connectivity index (χ3n) is 2.33. The van der Waals surface area contributed by atoms with Crippen LogP contribution in [-0.4, -0.2) is 44.2 Å². The molecular formula is C9H20N3. The minimum atomic E-state index is 0.552. The Morgan fingerprint density at radius 2 is 1.92 bits per heavy atom. The Hall–Kier alpha value is -0.120. The van der Waals surface area contributed by atoms with E-state index in [4.69, 9.17) is 5.73 Å². The number of hydrogen-bond donors (Lipinski definition) is 1. The van der Waals surface area contributed by atoms with Crippen LogP contribution in [0.4, 0.5) is 0 Å². The topological polar surface area (TPSA) is 39.1 Å². The van der Waals surface area contributed by atoms with Crippen molar-refractivity contribution in [3.63, 3.8) is 0 Å². The quantitative estimate of drug-likeness (QED) is 0.584. The molecule has 2 N–H and O–H groups in total. The maximum Gasteiger partial charge on any atom is 0.0112 e. The highest BCUT2D eigenvalue weighted by Crippen LogP contribution is 2.05. The van der Waals surface area contributed by atoms with Gasteiger partial charge in [-0.15, -0.1) is 0 Å². The second-order valence-electron chi connectivity index (χ2n) is 3.40. The summed E-state index contributed by atoms with van der Waals surface area (Å²) in [7, 11) is 0. The van der Waals surface area contributed by atoms with Crippen molar-refractivity contribution < 1.29 is 0 Å². The number of likely N-dealkylation sites (tertiary alicyclic amines) is 1. The van der Waals surface area contributed by atoms with Crippen molar-refractivity contribution in [3.8, 4) is 0 Å². The monoisotopic (exact) mass is 170 g/mol.